The van der Waals surface area contributed by atoms with E-state index in [9.17, 15) is 9.90 Å². The van der Waals surface area contributed by atoms with Crippen molar-refractivity contribution in [2.75, 3.05) is 25.2 Å². The van der Waals surface area contributed by atoms with Crippen LogP contribution in [-0.2, 0) is 4.74 Å². The topological polar surface area (TPSA) is 75.5 Å². The van der Waals surface area contributed by atoms with Crippen LogP contribution in [0.15, 0.2) is 6.07 Å². The van der Waals surface area contributed by atoms with Gasteiger partial charge in [0.05, 0.1) is 19.8 Å². The first-order valence-electron chi connectivity index (χ1n) is 6.38. The number of ether oxygens (including phenoxy) is 1. The second kappa shape index (κ2) is 5.52. The lowest BCUT2D eigenvalue weighted by Gasteiger charge is -2.26. The summed E-state index contributed by atoms with van der Waals surface area (Å²) in [5, 5.41) is 9.49. The first-order chi connectivity index (χ1) is 9.06. The minimum Gasteiger partial charge on any atom is -0.463 e. The van der Waals surface area contributed by atoms with Crippen molar-refractivity contribution in [3.8, 4) is 0 Å². The van der Waals surface area contributed by atoms with Crippen molar-refractivity contribution in [3.63, 3.8) is 0 Å². The highest BCUT2D eigenvalue weighted by molar-refractivity contribution is 5.85. The maximum absolute atomic E-state index is 11.5. The fourth-order valence-electron chi connectivity index (χ4n) is 2.45. The molecule has 0 aromatic carbocycles. The zero-order valence-corrected chi connectivity index (χ0v) is 11.5. The molecule has 2 unspecified atom stereocenters. The zero-order valence-electron chi connectivity index (χ0n) is 11.5. The summed E-state index contributed by atoms with van der Waals surface area (Å²) < 4.78 is 4.65. The number of methoxy groups -OCH3 is 1. The molecule has 6 nitrogen and oxygen atoms in total. The molecular weight excluding hydrogens is 246 g/mol. The molecule has 1 aliphatic heterocycles. The molecule has 1 fully saturated rings. The van der Waals surface area contributed by atoms with Gasteiger partial charge in [-0.05, 0) is 19.3 Å². The van der Waals surface area contributed by atoms with Gasteiger partial charge in [-0.15, -0.1) is 0 Å². The molecule has 1 aromatic heterocycles. The smallest absolute Gasteiger partial charge is 0.376 e. The standard InChI is InChI=1S/C13H19N3O3/c1-8-4-5-16(10(8)7-17)11-6-9(2)14-12(15-11)13(18)19-3/h6,8,10,17H,4-5,7H2,1-3H3. The summed E-state index contributed by atoms with van der Waals surface area (Å²) in [7, 11) is 1.31. The highest BCUT2D eigenvalue weighted by Gasteiger charge is 2.32. The van der Waals surface area contributed by atoms with E-state index in [4.69, 9.17) is 0 Å². The van der Waals surface area contributed by atoms with Gasteiger partial charge in [0.25, 0.3) is 0 Å². The van der Waals surface area contributed by atoms with Crippen molar-refractivity contribution >= 4 is 11.8 Å². The van der Waals surface area contributed by atoms with E-state index in [2.05, 4.69) is 21.6 Å². The average molecular weight is 265 g/mol. The Kier molecular flexibility index (Phi) is 3.99. The van der Waals surface area contributed by atoms with Crippen LogP contribution in [0.25, 0.3) is 0 Å². The number of hydrogen-bond acceptors (Lipinski definition) is 6. The van der Waals surface area contributed by atoms with Gasteiger partial charge < -0.3 is 14.7 Å². The van der Waals surface area contributed by atoms with Crippen LogP contribution in [0.2, 0.25) is 0 Å². The van der Waals surface area contributed by atoms with Crippen molar-refractivity contribution < 1.29 is 14.6 Å². The summed E-state index contributed by atoms with van der Waals surface area (Å²) >= 11 is 0. The van der Waals surface area contributed by atoms with Gasteiger partial charge in [-0.25, -0.2) is 14.8 Å². The number of carbonyl (C=O) groups is 1. The number of esters is 1. The Morgan fingerprint density at radius 2 is 2.32 bits per heavy atom. The Bertz CT molecular complexity index is 478. The largest absolute Gasteiger partial charge is 0.463 e. The van der Waals surface area contributed by atoms with Crippen LogP contribution >= 0.6 is 0 Å². The second-order valence-corrected chi connectivity index (χ2v) is 4.89. The lowest BCUT2D eigenvalue weighted by atomic mass is 10.0. The molecule has 6 heteroatoms. The number of hydrogen-bond donors (Lipinski definition) is 1. The van der Waals surface area contributed by atoms with Crippen LogP contribution in [0.5, 0.6) is 0 Å². The summed E-state index contributed by atoms with van der Waals surface area (Å²) in [6, 6.07) is 1.87. The number of anilines is 1. The van der Waals surface area contributed by atoms with E-state index in [0.717, 1.165) is 13.0 Å². The maximum Gasteiger partial charge on any atom is 0.376 e. The Labute approximate surface area is 112 Å². The van der Waals surface area contributed by atoms with E-state index >= 15 is 0 Å². The van der Waals surface area contributed by atoms with Crippen molar-refractivity contribution in [1.82, 2.24) is 9.97 Å². The first-order valence-corrected chi connectivity index (χ1v) is 6.38. The van der Waals surface area contributed by atoms with Gasteiger partial charge in [-0.1, -0.05) is 6.92 Å². The second-order valence-electron chi connectivity index (χ2n) is 4.89. The monoisotopic (exact) mass is 265 g/mol. The summed E-state index contributed by atoms with van der Waals surface area (Å²) in [5.41, 5.74) is 0.710. The van der Waals surface area contributed by atoms with E-state index in [1.165, 1.54) is 7.11 Å². The molecular formula is C13H19N3O3. The third-order valence-electron chi connectivity index (χ3n) is 3.57. The van der Waals surface area contributed by atoms with Crippen molar-refractivity contribution in [3.05, 3.63) is 17.6 Å². The number of nitrogens with zero attached hydrogens (tertiary/aromatic N) is 3. The predicted molar refractivity (Wildman–Crippen MR) is 70.1 cm³/mol. The zero-order chi connectivity index (χ0) is 14.0. The molecule has 0 amide bonds. The van der Waals surface area contributed by atoms with Gasteiger partial charge in [-0.2, -0.15) is 0 Å². The quantitative estimate of drug-likeness (QED) is 0.814. The van der Waals surface area contributed by atoms with Crippen molar-refractivity contribution in [2.45, 2.75) is 26.3 Å². The normalized spacial score (nSPS) is 22.6. The van der Waals surface area contributed by atoms with Crippen LogP contribution in [-0.4, -0.2) is 47.3 Å². The van der Waals surface area contributed by atoms with Crippen LogP contribution in [0.1, 0.15) is 29.7 Å². The Morgan fingerprint density at radius 1 is 1.58 bits per heavy atom. The summed E-state index contributed by atoms with van der Waals surface area (Å²) in [6.45, 7) is 4.82. The van der Waals surface area contributed by atoms with Crippen molar-refractivity contribution in [2.24, 2.45) is 5.92 Å². The molecule has 1 aliphatic rings. The molecule has 2 atom stereocenters. The molecule has 1 N–H and O–H groups in total. The van der Waals surface area contributed by atoms with Gasteiger partial charge in [-0.3, -0.25) is 0 Å². The lowest BCUT2D eigenvalue weighted by molar-refractivity contribution is 0.0586. The fraction of sp³-hybridized carbons (Fsp3) is 0.615. The number of carbonyl (C=O) groups excluding carboxylic acids is 1. The van der Waals surface area contributed by atoms with Crippen LogP contribution in [0, 0.1) is 12.8 Å². The van der Waals surface area contributed by atoms with Gasteiger partial charge in [0.1, 0.15) is 5.82 Å². The van der Waals surface area contributed by atoms with E-state index in [-0.39, 0.29) is 18.5 Å². The molecule has 104 valence electrons. The molecule has 0 bridgehead atoms. The highest BCUT2D eigenvalue weighted by atomic mass is 16.5. The molecule has 0 radical (unpaired) electrons. The molecule has 0 spiro atoms. The molecule has 1 aromatic rings. The Hall–Kier alpha value is -1.69. The van der Waals surface area contributed by atoms with Gasteiger partial charge in [0, 0.05) is 18.3 Å². The number of rotatable bonds is 3. The van der Waals surface area contributed by atoms with Crippen molar-refractivity contribution in [1.29, 1.82) is 0 Å². The van der Waals surface area contributed by atoms with Crippen LogP contribution in [0.3, 0.4) is 0 Å². The minimum atomic E-state index is -0.544. The summed E-state index contributed by atoms with van der Waals surface area (Å²) in [4.78, 5) is 21.9. The molecule has 1 saturated heterocycles. The average Bonchev–Trinajstić information content (AvgIpc) is 2.78. The minimum absolute atomic E-state index is 0.0415. The number of aromatic nitrogens is 2. The van der Waals surface area contributed by atoms with Gasteiger partial charge >= 0.3 is 5.97 Å². The lowest BCUT2D eigenvalue weighted by Crippen LogP contribution is -2.36. The summed E-state index contributed by atoms with van der Waals surface area (Å²) in [6.07, 6.45) is 1.00. The Balaban J connectivity index is 2.34. The van der Waals surface area contributed by atoms with E-state index in [0.29, 0.717) is 17.4 Å². The molecule has 0 saturated carbocycles. The third-order valence-corrected chi connectivity index (χ3v) is 3.57. The van der Waals surface area contributed by atoms with E-state index in [1.54, 1.807) is 0 Å². The van der Waals surface area contributed by atoms with E-state index < -0.39 is 5.97 Å². The fourth-order valence-corrected chi connectivity index (χ4v) is 2.45. The predicted octanol–water partition coefficient (Wildman–Crippen LogP) is 0.779. The highest BCUT2D eigenvalue weighted by Crippen LogP contribution is 2.28. The first kappa shape index (κ1) is 13.7. The van der Waals surface area contributed by atoms with Crippen LogP contribution < -0.4 is 4.90 Å². The SMILES string of the molecule is COC(=O)c1nc(C)cc(N2CCC(C)C2CO)n1. The number of aliphatic hydroxyl groups is 1. The molecule has 2 rings (SSSR count). The van der Waals surface area contributed by atoms with Gasteiger partial charge in [0.15, 0.2) is 0 Å². The van der Waals surface area contributed by atoms with Crippen LogP contribution in [0.4, 0.5) is 5.82 Å². The number of aliphatic hydroxyl groups excluding tert-OH is 1. The molecule has 2 heterocycles. The summed E-state index contributed by atoms with van der Waals surface area (Å²) in [5.74, 6) is 0.602. The van der Waals surface area contributed by atoms with E-state index in [1.807, 2.05) is 17.9 Å². The maximum atomic E-state index is 11.5. The Morgan fingerprint density at radius 3 is 2.95 bits per heavy atom. The molecule has 19 heavy (non-hydrogen) atoms. The number of aryl methyl sites for hydroxylation is 1. The van der Waals surface area contributed by atoms with Gasteiger partial charge in [0.2, 0.25) is 5.82 Å². The third kappa shape index (κ3) is 2.68. The molecule has 0 aliphatic carbocycles.